The maximum atomic E-state index is 12.7. The number of hydrogen-bond donors (Lipinski definition) is 1. The summed E-state index contributed by atoms with van der Waals surface area (Å²) in [5, 5.41) is 9.38. The molecule has 0 bridgehead atoms. The average Bonchev–Trinajstić information content (AvgIpc) is 2.60. The SMILES string of the molecule is CCN(Cc1ccc(O)cc1)C(=O)C(C)Oc1ccc(C(C)(C)C)cc1. The fraction of sp³-hybridized carbons (Fsp3) is 0.409. The maximum absolute atomic E-state index is 12.7. The zero-order valence-corrected chi connectivity index (χ0v) is 16.3. The first-order chi connectivity index (χ1) is 12.2. The van der Waals surface area contributed by atoms with Crippen molar-refractivity contribution in [3.63, 3.8) is 0 Å². The number of ether oxygens (including phenoxy) is 1. The van der Waals surface area contributed by atoms with Gasteiger partial charge in [-0.25, -0.2) is 0 Å². The number of carbonyl (C=O) groups is 1. The second-order valence-corrected chi connectivity index (χ2v) is 7.55. The van der Waals surface area contributed by atoms with E-state index < -0.39 is 6.10 Å². The Labute approximate surface area is 156 Å². The topological polar surface area (TPSA) is 49.8 Å². The average molecular weight is 355 g/mol. The molecule has 4 nitrogen and oxygen atoms in total. The van der Waals surface area contributed by atoms with Crippen LogP contribution in [0.3, 0.4) is 0 Å². The minimum absolute atomic E-state index is 0.0551. The third-order valence-corrected chi connectivity index (χ3v) is 4.38. The number of aromatic hydroxyl groups is 1. The van der Waals surface area contributed by atoms with E-state index >= 15 is 0 Å². The van der Waals surface area contributed by atoms with Gasteiger partial charge in [-0.15, -0.1) is 0 Å². The molecule has 4 heteroatoms. The zero-order chi connectivity index (χ0) is 19.3. The van der Waals surface area contributed by atoms with Crippen LogP contribution in [0.5, 0.6) is 11.5 Å². The van der Waals surface area contributed by atoms with E-state index in [4.69, 9.17) is 4.74 Å². The van der Waals surface area contributed by atoms with Gasteiger partial charge in [-0.3, -0.25) is 4.79 Å². The number of nitrogens with zero attached hydrogens (tertiary/aromatic N) is 1. The van der Waals surface area contributed by atoms with Crippen molar-refractivity contribution in [2.75, 3.05) is 6.54 Å². The third kappa shape index (κ3) is 5.25. The summed E-state index contributed by atoms with van der Waals surface area (Å²) in [5.41, 5.74) is 2.29. The molecule has 0 fully saturated rings. The highest BCUT2D eigenvalue weighted by atomic mass is 16.5. The number of phenols is 1. The molecule has 0 radical (unpaired) electrons. The third-order valence-electron chi connectivity index (χ3n) is 4.38. The van der Waals surface area contributed by atoms with Gasteiger partial charge < -0.3 is 14.7 Å². The molecule has 2 rings (SSSR count). The Balaban J connectivity index is 2.01. The molecule has 1 atom stereocenters. The van der Waals surface area contributed by atoms with Crippen LogP contribution in [-0.2, 0) is 16.8 Å². The number of benzene rings is 2. The summed E-state index contributed by atoms with van der Waals surface area (Å²) in [7, 11) is 0. The summed E-state index contributed by atoms with van der Waals surface area (Å²) in [5.74, 6) is 0.860. The first-order valence-electron chi connectivity index (χ1n) is 9.04. The zero-order valence-electron chi connectivity index (χ0n) is 16.3. The first kappa shape index (κ1) is 19.8. The van der Waals surface area contributed by atoms with Crippen molar-refractivity contribution >= 4 is 5.91 Å². The highest BCUT2D eigenvalue weighted by Crippen LogP contribution is 2.25. The molecule has 0 saturated carbocycles. The second kappa shape index (κ2) is 8.26. The van der Waals surface area contributed by atoms with Gasteiger partial charge in [-0.2, -0.15) is 0 Å². The number of likely N-dealkylation sites (N-methyl/N-ethyl adjacent to an activating group) is 1. The van der Waals surface area contributed by atoms with E-state index in [9.17, 15) is 9.90 Å². The predicted octanol–water partition coefficient (Wildman–Crippen LogP) is 4.51. The fourth-order valence-corrected chi connectivity index (χ4v) is 2.71. The van der Waals surface area contributed by atoms with Crippen molar-refractivity contribution in [2.24, 2.45) is 0 Å². The molecular formula is C22H29NO3. The lowest BCUT2D eigenvalue weighted by Gasteiger charge is -2.25. The Morgan fingerprint density at radius 3 is 2.15 bits per heavy atom. The predicted molar refractivity (Wildman–Crippen MR) is 104 cm³/mol. The molecule has 0 spiro atoms. The van der Waals surface area contributed by atoms with Gasteiger partial charge in [0.05, 0.1) is 0 Å². The van der Waals surface area contributed by atoms with Gasteiger partial charge >= 0.3 is 0 Å². The lowest BCUT2D eigenvalue weighted by molar-refractivity contribution is -0.138. The molecule has 0 aliphatic heterocycles. The molecule has 1 unspecified atom stereocenters. The Morgan fingerprint density at radius 1 is 1.08 bits per heavy atom. The van der Waals surface area contributed by atoms with Crippen LogP contribution in [0.15, 0.2) is 48.5 Å². The normalized spacial score (nSPS) is 12.5. The van der Waals surface area contributed by atoms with Gasteiger partial charge in [0.25, 0.3) is 5.91 Å². The van der Waals surface area contributed by atoms with Crippen LogP contribution < -0.4 is 4.74 Å². The minimum Gasteiger partial charge on any atom is -0.508 e. The van der Waals surface area contributed by atoms with Crippen LogP contribution in [0, 0.1) is 0 Å². The minimum atomic E-state index is -0.562. The van der Waals surface area contributed by atoms with Crippen LogP contribution in [0.25, 0.3) is 0 Å². The Bertz CT molecular complexity index is 715. The maximum Gasteiger partial charge on any atom is 0.263 e. The van der Waals surface area contributed by atoms with Crippen LogP contribution in [0.1, 0.15) is 45.7 Å². The number of carbonyl (C=O) groups excluding carboxylic acids is 1. The van der Waals surface area contributed by atoms with E-state index in [1.54, 1.807) is 24.0 Å². The van der Waals surface area contributed by atoms with Crippen LogP contribution in [0.4, 0.5) is 0 Å². The highest BCUT2D eigenvalue weighted by molar-refractivity contribution is 5.80. The van der Waals surface area contributed by atoms with Crippen LogP contribution in [0.2, 0.25) is 0 Å². The molecular weight excluding hydrogens is 326 g/mol. The number of rotatable bonds is 6. The standard InChI is InChI=1S/C22H29NO3/c1-6-23(15-17-7-11-19(24)12-8-17)21(25)16(2)26-20-13-9-18(10-14-20)22(3,4)5/h7-14,16,24H,6,15H2,1-5H3. The smallest absolute Gasteiger partial charge is 0.263 e. The molecule has 1 N–H and O–H groups in total. The van der Waals surface area contributed by atoms with Crippen LogP contribution >= 0.6 is 0 Å². The molecule has 0 aromatic heterocycles. The Hall–Kier alpha value is -2.49. The van der Waals surface area contributed by atoms with Gasteiger partial charge in [-0.05, 0) is 54.7 Å². The summed E-state index contributed by atoms with van der Waals surface area (Å²) in [6.07, 6.45) is -0.562. The van der Waals surface area contributed by atoms with E-state index in [0.717, 1.165) is 5.56 Å². The van der Waals surface area contributed by atoms with Gasteiger partial charge in [0.15, 0.2) is 6.10 Å². The largest absolute Gasteiger partial charge is 0.508 e. The van der Waals surface area contributed by atoms with Crippen molar-refractivity contribution in [1.82, 2.24) is 4.90 Å². The van der Waals surface area contributed by atoms with Gasteiger partial charge in [0, 0.05) is 13.1 Å². The summed E-state index contributed by atoms with van der Waals surface area (Å²) < 4.78 is 5.85. The van der Waals surface area contributed by atoms with Crippen molar-refractivity contribution in [3.05, 3.63) is 59.7 Å². The molecule has 0 heterocycles. The lowest BCUT2D eigenvalue weighted by Crippen LogP contribution is -2.39. The quantitative estimate of drug-likeness (QED) is 0.830. The first-order valence-corrected chi connectivity index (χ1v) is 9.04. The number of phenolic OH excluding ortho intramolecular Hbond substituents is 1. The van der Waals surface area contributed by atoms with E-state index in [1.165, 1.54) is 5.56 Å². The molecule has 0 saturated heterocycles. The van der Waals surface area contributed by atoms with Gasteiger partial charge in [0.2, 0.25) is 0 Å². The van der Waals surface area contributed by atoms with Crippen molar-refractivity contribution < 1.29 is 14.6 Å². The molecule has 2 aromatic carbocycles. The van der Waals surface area contributed by atoms with E-state index in [-0.39, 0.29) is 17.1 Å². The van der Waals surface area contributed by atoms with Crippen LogP contribution in [-0.4, -0.2) is 28.6 Å². The molecule has 0 aliphatic rings. The Kier molecular flexibility index (Phi) is 6.30. The second-order valence-electron chi connectivity index (χ2n) is 7.55. The number of amides is 1. The number of hydrogen-bond acceptors (Lipinski definition) is 3. The molecule has 0 aliphatic carbocycles. The molecule has 140 valence electrons. The van der Waals surface area contributed by atoms with E-state index in [1.807, 2.05) is 43.3 Å². The molecule has 26 heavy (non-hydrogen) atoms. The van der Waals surface area contributed by atoms with Crippen molar-refractivity contribution in [3.8, 4) is 11.5 Å². The fourth-order valence-electron chi connectivity index (χ4n) is 2.71. The van der Waals surface area contributed by atoms with Crippen molar-refractivity contribution in [2.45, 2.75) is 52.7 Å². The summed E-state index contributed by atoms with van der Waals surface area (Å²) in [6, 6.07) is 14.8. The summed E-state index contributed by atoms with van der Waals surface area (Å²) in [4.78, 5) is 14.5. The summed E-state index contributed by atoms with van der Waals surface area (Å²) in [6.45, 7) is 11.3. The monoisotopic (exact) mass is 355 g/mol. The van der Waals surface area contributed by atoms with Gasteiger partial charge in [-0.1, -0.05) is 45.0 Å². The van der Waals surface area contributed by atoms with Crippen molar-refractivity contribution in [1.29, 1.82) is 0 Å². The lowest BCUT2D eigenvalue weighted by atomic mass is 9.87. The van der Waals surface area contributed by atoms with E-state index in [0.29, 0.717) is 18.8 Å². The summed E-state index contributed by atoms with van der Waals surface area (Å²) >= 11 is 0. The van der Waals surface area contributed by atoms with Gasteiger partial charge in [0.1, 0.15) is 11.5 Å². The molecule has 2 aromatic rings. The molecule has 1 amide bonds. The highest BCUT2D eigenvalue weighted by Gasteiger charge is 2.21. The van der Waals surface area contributed by atoms with E-state index in [2.05, 4.69) is 20.8 Å². The Morgan fingerprint density at radius 2 is 1.65 bits per heavy atom.